The van der Waals surface area contributed by atoms with E-state index in [1.54, 1.807) is 15.9 Å². The fourth-order valence-electron chi connectivity index (χ4n) is 3.55. The van der Waals surface area contributed by atoms with Crippen LogP contribution in [-0.4, -0.2) is 16.6 Å². The summed E-state index contributed by atoms with van der Waals surface area (Å²) < 4.78 is 1.68. The highest BCUT2D eigenvalue weighted by Gasteiger charge is 2.22. The summed E-state index contributed by atoms with van der Waals surface area (Å²) >= 11 is 7.65. The third-order valence-corrected chi connectivity index (χ3v) is 6.28. The molecule has 2 aromatic heterocycles. The van der Waals surface area contributed by atoms with E-state index in [1.807, 2.05) is 43.3 Å². The average Bonchev–Trinajstić information content (AvgIpc) is 2.98. The number of anilines is 1. The third kappa shape index (κ3) is 2.96. The number of nitrogens with zero attached hydrogens (tertiary/aromatic N) is 3. The molecule has 0 amide bonds. The maximum Gasteiger partial charge on any atom is 0.263 e. The first-order valence-corrected chi connectivity index (χ1v) is 9.71. The molecular formula is C19H20ClN3OS. The SMILES string of the molecule is CN(Cc1ccc(Cl)cc1)c1nc2sc3c(c2c(=O)n1C)CCCC3. The zero-order valence-electron chi connectivity index (χ0n) is 14.4. The summed E-state index contributed by atoms with van der Waals surface area (Å²) in [5.74, 6) is 0.700. The van der Waals surface area contributed by atoms with Gasteiger partial charge in [-0.1, -0.05) is 23.7 Å². The van der Waals surface area contributed by atoms with Crippen LogP contribution in [0, 0.1) is 0 Å². The van der Waals surface area contributed by atoms with Gasteiger partial charge < -0.3 is 4.90 Å². The minimum Gasteiger partial charge on any atom is -0.341 e. The fraction of sp³-hybridized carbons (Fsp3) is 0.368. The Kier molecular flexibility index (Phi) is 4.29. The van der Waals surface area contributed by atoms with Crippen molar-refractivity contribution in [1.82, 2.24) is 9.55 Å². The molecule has 0 radical (unpaired) electrons. The number of rotatable bonds is 3. The summed E-state index contributed by atoms with van der Waals surface area (Å²) in [6.07, 6.45) is 4.46. The van der Waals surface area contributed by atoms with Crippen molar-refractivity contribution in [2.24, 2.45) is 7.05 Å². The monoisotopic (exact) mass is 373 g/mol. The molecule has 1 aliphatic carbocycles. The molecule has 1 aliphatic rings. The quantitative estimate of drug-likeness (QED) is 0.691. The van der Waals surface area contributed by atoms with Gasteiger partial charge in [0.25, 0.3) is 5.56 Å². The van der Waals surface area contributed by atoms with Crippen molar-refractivity contribution in [3.8, 4) is 0 Å². The Morgan fingerprint density at radius 3 is 2.72 bits per heavy atom. The highest BCUT2D eigenvalue weighted by atomic mass is 35.5. The Morgan fingerprint density at radius 1 is 1.24 bits per heavy atom. The van der Waals surface area contributed by atoms with Gasteiger partial charge in [0.1, 0.15) is 4.83 Å². The Morgan fingerprint density at radius 2 is 1.96 bits per heavy atom. The molecule has 0 atom stereocenters. The van der Waals surface area contributed by atoms with Gasteiger partial charge in [-0.15, -0.1) is 11.3 Å². The number of aryl methyl sites for hydroxylation is 2. The number of hydrogen-bond acceptors (Lipinski definition) is 4. The predicted molar refractivity (Wildman–Crippen MR) is 105 cm³/mol. The van der Waals surface area contributed by atoms with Gasteiger partial charge in [-0.2, -0.15) is 0 Å². The maximum atomic E-state index is 13.0. The number of thiophene rings is 1. The standard InChI is InChI=1S/C19H20ClN3OS/c1-22(11-12-7-9-13(20)10-8-12)19-21-17-16(18(24)23(19)2)14-5-3-4-6-15(14)25-17/h7-10H,3-6,11H2,1-2H3. The second kappa shape index (κ2) is 6.46. The van der Waals surface area contributed by atoms with Crippen molar-refractivity contribution in [1.29, 1.82) is 0 Å². The van der Waals surface area contributed by atoms with Crippen molar-refractivity contribution in [2.45, 2.75) is 32.2 Å². The number of benzene rings is 1. The Labute approximate surface area is 155 Å². The average molecular weight is 374 g/mol. The van der Waals surface area contributed by atoms with Crippen LogP contribution in [0.5, 0.6) is 0 Å². The lowest BCUT2D eigenvalue weighted by Crippen LogP contribution is -2.28. The molecule has 0 bridgehead atoms. The van der Waals surface area contributed by atoms with E-state index in [1.165, 1.54) is 23.3 Å². The van der Waals surface area contributed by atoms with E-state index >= 15 is 0 Å². The highest BCUT2D eigenvalue weighted by Crippen LogP contribution is 2.34. The number of hydrogen-bond donors (Lipinski definition) is 0. The molecule has 25 heavy (non-hydrogen) atoms. The van der Waals surface area contributed by atoms with Crippen LogP contribution in [0.25, 0.3) is 10.2 Å². The molecule has 130 valence electrons. The third-order valence-electron chi connectivity index (χ3n) is 4.85. The van der Waals surface area contributed by atoms with Crippen molar-refractivity contribution in [3.05, 3.63) is 55.6 Å². The molecule has 0 saturated heterocycles. The van der Waals surface area contributed by atoms with E-state index in [-0.39, 0.29) is 5.56 Å². The molecular weight excluding hydrogens is 354 g/mol. The van der Waals surface area contributed by atoms with E-state index in [9.17, 15) is 4.79 Å². The summed E-state index contributed by atoms with van der Waals surface area (Å²) in [5, 5.41) is 1.56. The molecule has 0 fully saturated rings. The van der Waals surface area contributed by atoms with Crippen LogP contribution in [-0.2, 0) is 26.4 Å². The second-order valence-corrected chi connectivity index (χ2v) is 8.17. The van der Waals surface area contributed by atoms with E-state index in [0.29, 0.717) is 12.5 Å². The predicted octanol–water partition coefficient (Wildman–Crippen LogP) is 4.16. The minimum atomic E-state index is 0.0716. The van der Waals surface area contributed by atoms with Crippen LogP contribution >= 0.6 is 22.9 Å². The van der Waals surface area contributed by atoms with Crippen LogP contribution in [0.4, 0.5) is 5.95 Å². The lowest BCUT2D eigenvalue weighted by atomic mass is 9.97. The van der Waals surface area contributed by atoms with Crippen molar-refractivity contribution >= 4 is 39.1 Å². The van der Waals surface area contributed by atoms with Crippen molar-refractivity contribution in [2.75, 3.05) is 11.9 Å². The fourth-order valence-corrected chi connectivity index (χ4v) is 4.92. The molecule has 1 aromatic carbocycles. The molecule has 4 nitrogen and oxygen atoms in total. The molecule has 3 aromatic rings. The summed E-state index contributed by atoms with van der Waals surface area (Å²) in [5.41, 5.74) is 2.44. The number of aromatic nitrogens is 2. The van der Waals surface area contributed by atoms with E-state index in [2.05, 4.69) is 0 Å². The maximum absolute atomic E-state index is 13.0. The van der Waals surface area contributed by atoms with Gasteiger partial charge >= 0.3 is 0 Å². The summed E-state index contributed by atoms with van der Waals surface area (Å²) in [6, 6.07) is 7.76. The Balaban J connectivity index is 1.75. The van der Waals surface area contributed by atoms with Crippen LogP contribution in [0.15, 0.2) is 29.1 Å². The normalized spacial score (nSPS) is 13.9. The zero-order chi connectivity index (χ0) is 17.6. The van der Waals surface area contributed by atoms with Crippen LogP contribution in [0.3, 0.4) is 0 Å². The highest BCUT2D eigenvalue weighted by molar-refractivity contribution is 7.18. The molecule has 6 heteroatoms. The van der Waals surface area contributed by atoms with E-state index in [4.69, 9.17) is 16.6 Å². The molecule has 0 unspecified atom stereocenters. The van der Waals surface area contributed by atoms with E-state index < -0.39 is 0 Å². The van der Waals surface area contributed by atoms with Crippen molar-refractivity contribution in [3.63, 3.8) is 0 Å². The summed E-state index contributed by atoms with van der Waals surface area (Å²) in [4.78, 5) is 22.1. The van der Waals surface area contributed by atoms with Gasteiger partial charge in [-0.25, -0.2) is 4.98 Å². The first-order valence-electron chi connectivity index (χ1n) is 8.51. The molecule has 0 spiro atoms. The first kappa shape index (κ1) is 16.6. The first-order chi connectivity index (χ1) is 12.0. The molecule has 0 saturated carbocycles. The van der Waals surface area contributed by atoms with Gasteiger partial charge in [0.05, 0.1) is 5.39 Å². The van der Waals surface area contributed by atoms with Gasteiger partial charge in [-0.05, 0) is 48.9 Å². The van der Waals surface area contributed by atoms with Gasteiger partial charge in [0, 0.05) is 30.5 Å². The van der Waals surface area contributed by atoms with Crippen LogP contribution in [0.1, 0.15) is 28.8 Å². The van der Waals surface area contributed by atoms with Crippen LogP contribution in [0.2, 0.25) is 5.02 Å². The molecule has 4 rings (SSSR count). The molecule has 0 N–H and O–H groups in total. The van der Waals surface area contributed by atoms with Gasteiger partial charge in [-0.3, -0.25) is 9.36 Å². The Bertz CT molecular complexity index is 991. The smallest absolute Gasteiger partial charge is 0.263 e. The summed E-state index contributed by atoms with van der Waals surface area (Å²) in [7, 11) is 3.78. The number of fused-ring (bicyclic) bond motifs is 3. The van der Waals surface area contributed by atoms with Gasteiger partial charge in [0.2, 0.25) is 5.95 Å². The molecule has 0 aliphatic heterocycles. The van der Waals surface area contributed by atoms with Crippen molar-refractivity contribution < 1.29 is 0 Å². The zero-order valence-corrected chi connectivity index (χ0v) is 16.0. The Hall–Kier alpha value is -1.85. The topological polar surface area (TPSA) is 38.1 Å². The van der Waals surface area contributed by atoms with Crippen LogP contribution < -0.4 is 10.5 Å². The lowest BCUT2D eigenvalue weighted by Gasteiger charge is -2.20. The summed E-state index contributed by atoms with van der Waals surface area (Å²) in [6.45, 7) is 0.675. The second-order valence-electron chi connectivity index (χ2n) is 6.65. The van der Waals surface area contributed by atoms with Gasteiger partial charge in [0.15, 0.2) is 0 Å². The largest absolute Gasteiger partial charge is 0.341 e. The minimum absolute atomic E-state index is 0.0716. The van der Waals surface area contributed by atoms with E-state index in [0.717, 1.165) is 33.6 Å². The molecule has 2 heterocycles. The lowest BCUT2D eigenvalue weighted by molar-refractivity contribution is 0.698. The number of halogens is 1.